The Morgan fingerprint density at radius 1 is 0.824 bits per heavy atom. The summed E-state index contributed by atoms with van der Waals surface area (Å²) in [6.07, 6.45) is -0.957. The third-order valence-corrected chi connectivity index (χ3v) is 7.28. The molecule has 0 saturated heterocycles. The second-order valence-electron chi connectivity index (χ2n) is 8.85. The molecule has 0 aliphatic carbocycles. The van der Waals surface area contributed by atoms with Crippen LogP contribution in [0.2, 0.25) is 0 Å². The van der Waals surface area contributed by atoms with Crippen LogP contribution >= 0.6 is 0 Å². The highest BCUT2D eigenvalue weighted by Crippen LogP contribution is 2.56. The van der Waals surface area contributed by atoms with E-state index in [4.69, 9.17) is 14.2 Å². The van der Waals surface area contributed by atoms with Gasteiger partial charge in [0.15, 0.2) is 11.5 Å². The van der Waals surface area contributed by atoms with E-state index in [1.807, 2.05) is 41.3 Å². The van der Waals surface area contributed by atoms with Crippen LogP contribution in [0.15, 0.2) is 60.7 Å². The van der Waals surface area contributed by atoms with E-state index < -0.39 is 11.6 Å². The normalized spacial score (nSPS) is 23.4. The van der Waals surface area contributed by atoms with Crippen LogP contribution < -0.4 is 19.1 Å². The lowest BCUT2D eigenvalue weighted by Gasteiger charge is -2.32. The summed E-state index contributed by atoms with van der Waals surface area (Å²) in [7, 11) is 0. The molecular formula is C26H20N2O6. The number of fused-ring (bicyclic) bond motifs is 6. The van der Waals surface area contributed by atoms with E-state index >= 15 is 0 Å². The van der Waals surface area contributed by atoms with Crippen molar-refractivity contribution in [2.75, 3.05) is 31.4 Å². The fourth-order valence-electron chi connectivity index (χ4n) is 5.63. The van der Waals surface area contributed by atoms with Gasteiger partial charge in [0.25, 0.3) is 11.8 Å². The van der Waals surface area contributed by atoms with Gasteiger partial charge >= 0.3 is 0 Å². The van der Waals surface area contributed by atoms with Gasteiger partial charge < -0.3 is 24.2 Å². The van der Waals surface area contributed by atoms with E-state index in [-0.39, 0.29) is 38.3 Å². The summed E-state index contributed by atoms with van der Waals surface area (Å²) in [6, 6.07) is 18.3. The number of anilines is 1. The van der Waals surface area contributed by atoms with Crippen LogP contribution in [0.5, 0.6) is 17.2 Å². The molecule has 34 heavy (non-hydrogen) atoms. The summed E-state index contributed by atoms with van der Waals surface area (Å²) in [6.45, 7) is 0.845. The van der Waals surface area contributed by atoms with Crippen molar-refractivity contribution in [1.82, 2.24) is 4.90 Å². The topological polar surface area (TPSA) is 88.5 Å². The second-order valence-corrected chi connectivity index (χ2v) is 8.85. The van der Waals surface area contributed by atoms with Gasteiger partial charge in [0.05, 0.1) is 11.1 Å². The number of rotatable bonds is 3. The van der Waals surface area contributed by atoms with Crippen molar-refractivity contribution in [3.8, 4) is 17.2 Å². The first-order valence-electron chi connectivity index (χ1n) is 11.2. The maximum Gasteiger partial charge on any atom is 0.261 e. The molecule has 0 fully saturated rings. The van der Waals surface area contributed by atoms with Crippen LogP contribution in [0, 0.1) is 0 Å². The number of imide groups is 1. The highest BCUT2D eigenvalue weighted by Gasteiger charge is 2.57. The monoisotopic (exact) mass is 456 g/mol. The molecule has 0 saturated carbocycles. The molecule has 1 spiro atoms. The smallest absolute Gasteiger partial charge is 0.261 e. The standard InChI is InChI=1S/C26H20N2O6/c29-23-15-5-1-2-6-16(15)24(30)28(23)10-9-27-19-8-4-3-7-17(19)26(25(27)31)13-32-20-12-22-21(11-18(20)26)33-14-34-22/h1-8,11-12,25,31H,9-10,13-14H2. The van der Waals surface area contributed by atoms with Crippen molar-refractivity contribution in [2.24, 2.45) is 0 Å². The molecule has 8 heteroatoms. The predicted octanol–water partition coefficient (Wildman–Crippen LogP) is 2.53. The lowest BCUT2D eigenvalue weighted by molar-refractivity contribution is 0.0637. The van der Waals surface area contributed by atoms with Gasteiger partial charge in [0.2, 0.25) is 6.79 Å². The maximum atomic E-state index is 12.8. The first-order chi connectivity index (χ1) is 16.6. The maximum absolute atomic E-state index is 12.8. The fourth-order valence-corrected chi connectivity index (χ4v) is 5.63. The first kappa shape index (κ1) is 19.4. The average molecular weight is 456 g/mol. The number of aliphatic hydroxyl groups is 1. The molecular weight excluding hydrogens is 436 g/mol. The predicted molar refractivity (Wildman–Crippen MR) is 120 cm³/mol. The van der Waals surface area contributed by atoms with E-state index in [0.29, 0.717) is 28.4 Å². The molecule has 3 aromatic carbocycles. The van der Waals surface area contributed by atoms with Crippen LogP contribution in [-0.4, -0.2) is 54.5 Å². The quantitative estimate of drug-likeness (QED) is 0.606. The molecule has 2 amide bonds. The van der Waals surface area contributed by atoms with Crippen LogP contribution in [0.1, 0.15) is 31.8 Å². The summed E-state index contributed by atoms with van der Waals surface area (Å²) in [5.74, 6) is 1.29. The molecule has 4 aliphatic heterocycles. The van der Waals surface area contributed by atoms with Gasteiger partial charge in [-0.1, -0.05) is 30.3 Å². The Labute approximate surface area is 194 Å². The Morgan fingerprint density at radius 3 is 2.26 bits per heavy atom. The number of aliphatic hydroxyl groups excluding tert-OH is 1. The van der Waals surface area contributed by atoms with Gasteiger partial charge in [-0.25, -0.2) is 0 Å². The molecule has 2 unspecified atom stereocenters. The minimum absolute atomic E-state index is 0.150. The number of hydrogen-bond donors (Lipinski definition) is 1. The fraction of sp³-hybridized carbons (Fsp3) is 0.231. The first-order valence-corrected chi connectivity index (χ1v) is 11.2. The van der Waals surface area contributed by atoms with Gasteiger partial charge in [-0.05, 0) is 29.8 Å². The van der Waals surface area contributed by atoms with Crippen molar-refractivity contribution < 1.29 is 28.9 Å². The van der Waals surface area contributed by atoms with E-state index in [1.165, 1.54) is 4.90 Å². The van der Waals surface area contributed by atoms with E-state index in [0.717, 1.165) is 16.8 Å². The van der Waals surface area contributed by atoms with Gasteiger partial charge in [0.1, 0.15) is 24.0 Å². The molecule has 3 aromatic rings. The molecule has 2 atom stereocenters. The number of benzene rings is 3. The lowest BCUT2D eigenvalue weighted by atomic mass is 9.76. The molecule has 170 valence electrons. The van der Waals surface area contributed by atoms with Gasteiger partial charge in [-0.3, -0.25) is 14.5 Å². The van der Waals surface area contributed by atoms with Gasteiger partial charge in [-0.2, -0.15) is 0 Å². The van der Waals surface area contributed by atoms with Crippen molar-refractivity contribution in [2.45, 2.75) is 11.6 Å². The highest BCUT2D eigenvalue weighted by atomic mass is 16.7. The third-order valence-electron chi connectivity index (χ3n) is 7.28. The molecule has 0 bridgehead atoms. The van der Waals surface area contributed by atoms with Crippen LogP contribution in [-0.2, 0) is 5.41 Å². The van der Waals surface area contributed by atoms with Gasteiger partial charge in [-0.15, -0.1) is 0 Å². The summed E-state index contributed by atoms with van der Waals surface area (Å²) in [4.78, 5) is 28.8. The summed E-state index contributed by atoms with van der Waals surface area (Å²) < 4.78 is 17.1. The average Bonchev–Trinajstić information content (AvgIpc) is 3.59. The van der Waals surface area contributed by atoms with Crippen LogP contribution in [0.4, 0.5) is 5.69 Å². The number of carbonyl (C=O) groups excluding carboxylic acids is 2. The number of carbonyl (C=O) groups is 2. The zero-order valence-electron chi connectivity index (χ0n) is 18.1. The number of hydrogen-bond acceptors (Lipinski definition) is 7. The highest BCUT2D eigenvalue weighted by molar-refractivity contribution is 6.21. The van der Waals surface area contributed by atoms with Crippen molar-refractivity contribution in [1.29, 1.82) is 0 Å². The van der Waals surface area contributed by atoms with Crippen LogP contribution in [0.25, 0.3) is 0 Å². The Balaban J connectivity index is 1.24. The van der Waals surface area contributed by atoms with Crippen molar-refractivity contribution in [3.63, 3.8) is 0 Å². The third kappa shape index (κ3) is 2.35. The molecule has 4 aliphatic rings. The SMILES string of the molecule is O=C1c2ccccc2C(=O)N1CCN1c2ccccc2C2(COc3cc4c(cc32)OCO4)C1O. The summed E-state index contributed by atoms with van der Waals surface area (Å²) >= 11 is 0. The molecule has 4 heterocycles. The zero-order valence-corrected chi connectivity index (χ0v) is 18.1. The molecule has 7 rings (SSSR count). The van der Waals surface area contributed by atoms with E-state index in [9.17, 15) is 14.7 Å². The second kappa shape index (κ2) is 6.74. The number of nitrogens with zero attached hydrogens (tertiary/aromatic N) is 2. The zero-order chi connectivity index (χ0) is 23.0. The molecule has 1 N–H and O–H groups in total. The Hall–Kier alpha value is -4.04. The molecule has 8 nitrogen and oxygen atoms in total. The molecule has 0 radical (unpaired) electrons. The lowest BCUT2D eigenvalue weighted by Crippen LogP contribution is -2.49. The minimum Gasteiger partial charge on any atom is -0.492 e. The van der Waals surface area contributed by atoms with E-state index in [2.05, 4.69) is 0 Å². The number of para-hydroxylation sites is 1. The van der Waals surface area contributed by atoms with E-state index in [1.54, 1.807) is 24.3 Å². The Kier molecular flexibility index (Phi) is 3.85. The largest absolute Gasteiger partial charge is 0.492 e. The Morgan fingerprint density at radius 2 is 1.50 bits per heavy atom. The Bertz CT molecular complexity index is 1350. The number of ether oxygens (including phenoxy) is 3. The molecule has 0 aromatic heterocycles. The van der Waals surface area contributed by atoms with Crippen molar-refractivity contribution >= 4 is 17.5 Å². The van der Waals surface area contributed by atoms with Crippen molar-refractivity contribution in [3.05, 3.63) is 82.9 Å². The summed E-state index contributed by atoms with van der Waals surface area (Å²) in [5, 5.41) is 11.7. The summed E-state index contributed by atoms with van der Waals surface area (Å²) in [5.41, 5.74) is 2.62. The van der Waals surface area contributed by atoms with Crippen LogP contribution in [0.3, 0.4) is 0 Å². The number of amides is 2. The minimum atomic E-state index is -0.957. The van der Waals surface area contributed by atoms with Gasteiger partial charge in [0, 0.05) is 30.4 Å².